The second-order valence-electron chi connectivity index (χ2n) is 7.05. The second kappa shape index (κ2) is 10.3. The number of hydrogen-bond donors (Lipinski definition) is 1. The van der Waals surface area contributed by atoms with E-state index in [2.05, 4.69) is 54.2 Å². The molecule has 1 atom stereocenters. The van der Waals surface area contributed by atoms with E-state index in [1.807, 2.05) is 11.8 Å². The van der Waals surface area contributed by atoms with Gasteiger partial charge in [0, 0.05) is 16.7 Å². The maximum absolute atomic E-state index is 6.29. The summed E-state index contributed by atoms with van der Waals surface area (Å²) in [5.74, 6) is 1.94. The lowest BCUT2D eigenvalue weighted by Crippen LogP contribution is -2.38. The van der Waals surface area contributed by atoms with Crippen LogP contribution in [-0.4, -0.2) is 61.9 Å². The number of benzene rings is 1. The molecule has 1 aromatic rings. The Balaban J connectivity index is 1.56. The van der Waals surface area contributed by atoms with Gasteiger partial charge in [-0.2, -0.15) is 0 Å². The van der Waals surface area contributed by atoms with Crippen molar-refractivity contribution in [2.45, 2.75) is 36.6 Å². The lowest BCUT2D eigenvalue weighted by Gasteiger charge is -2.33. The van der Waals surface area contributed by atoms with E-state index in [0.29, 0.717) is 6.04 Å². The van der Waals surface area contributed by atoms with Crippen LogP contribution in [-0.2, 0) is 0 Å². The van der Waals surface area contributed by atoms with Gasteiger partial charge >= 0.3 is 0 Å². The minimum absolute atomic E-state index is 0.298. The lowest BCUT2D eigenvalue weighted by atomic mass is 9.93. The lowest BCUT2D eigenvalue weighted by molar-refractivity contribution is 0.168. The zero-order chi connectivity index (χ0) is 16.5. The number of piperidine rings is 1. The van der Waals surface area contributed by atoms with Crippen molar-refractivity contribution in [1.29, 1.82) is 0 Å². The quantitative estimate of drug-likeness (QED) is 0.703. The number of nitrogens with zero attached hydrogens (tertiary/aromatic N) is 2. The Kier molecular flexibility index (Phi) is 8.45. The summed E-state index contributed by atoms with van der Waals surface area (Å²) in [6.07, 6.45) is 5.19. The van der Waals surface area contributed by atoms with Gasteiger partial charge in [0.25, 0.3) is 0 Å². The first kappa shape index (κ1) is 18.8. The summed E-state index contributed by atoms with van der Waals surface area (Å²) in [7, 11) is 4.34. The van der Waals surface area contributed by atoms with Crippen molar-refractivity contribution in [3.63, 3.8) is 0 Å². The number of likely N-dealkylation sites (tertiary alicyclic amines) is 1. The topological polar surface area (TPSA) is 32.5 Å². The van der Waals surface area contributed by atoms with Gasteiger partial charge in [-0.3, -0.25) is 0 Å². The fourth-order valence-electron chi connectivity index (χ4n) is 3.09. The summed E-state index contributed by atoms with van der Waals surface area (Å²) in [6, 6.07) is 10.9. The second-order valence-corrected chi connectivity index (χ2v) is 8.14. The molecule has 1 heterocycles. The van der Waals surface area contributed by atoms with Gasteiger partial charge in [0.05, 0.1) is 0 Å². The first-order chi connectivity index (χ1) is 11.1. The first-order valence-corrected chi connectivity index (χ1v) is 9.92. The van der Waals surface area contributed by atoms with Crippen LogP contribution >= 0.6 is 11.8 Å². The van der Waals surface area contributed by atoms with E-state index in [1.54, 1.807) is 0 Å². The fourth-order valence-corrected chi connectivity index (χ4v) is 4.01. The van der Waals surface area contributed by atoms with E-state index in [0.717, 1.165) is 24.6 Å². The molecule has 1 fully saturated rings. The molecule has 1 aliphatic rings. The molecule has 2 N–H and O–H groups in total. The normalized spacial score (nSPS) is 18.4. The molecule has 1 aliphatic heterocycles. The maximum Gasteiger partial charge on any atom is 0.0146 e. The molecule has 1 aromatic carbocycles. The van der Waals surface area contributed by atoms with Gasteiger partial charge in [-0.25, -0.2) is 0 Å². The van der Waals surface area contributed by atoms with E-state index < -0.39 is 0 Å². The van der Waals surface area contributed by atoms with Crippen LogP contribution in [0.15, 0.2) is 35.2 Å². The Morgan fingerprint density at radius 2 is 1.91 bits per heavy atom. The summed E-state index contributed by atoms with van der Waals surface area (Å²) in [6.45, 7) is 4.91. The molecule has 0 aromatic heterocycles. The summed E-state index contributed by atoms with van der Waals surface area (Å²) < 4.78 is 0. The van der Waals surface area contributed by atoms with Crippen LogP contribution in [0.4, 0.5) is 0 Å². The fraction of sp³-hybridized carbons (Fsp3) is 0.684. The van der Waals surface area contributed by atoms with Gasteiger partial charge < -0.3 is 15.5 Å². The first-order valence-electron chi connectivity index (χ1n) is 8.94. The average Bonchev–Trinajstić information content (AvgIpc) is 2.58. The van der Waals surface area contributed by atoms with Gasteiger partial charge in [-0.1, -0.05) is 18.2 Å². The molecular formula is C19H33N3S. The highest BCUT2D eigenvalue weighted by Crippen LogP contribution is 2.21. The van der Waals surface area contributed by atoms with Crippen molar-refractivity contribution in [3.05, 3.63) is 30.3 Å². The molecule has 1 unspecified atom stereocenters. The molecule has 0 bridgehead atoms. The summed E-state index contributed by atoms with van der Waals surface area (Å²) in [5, 5.41) is 0. The van der Waals surface area contributed by atoms with Crippen LogP contribution in [0.5, 0.6) is 0 Å². The van der Waals surface area contributed by atoms with E-state index in [4.69, 9.17) is 5.73 Å². The third kappa shape index (κ3) is 7.71. The van der Waals surface area contributed by atoms with Crippen molar-refractivity contribution < 1.29 is 0 Å². The number of hydrogen-bond acceptors (Lipinski definition) is 4. The molecule has 0 radical (unpaired) electrons. The molecule has 1 saturated heterocycles. The van der Waals surface area contributed by atoms with Crippen LogP contribution < -0.4 is 5.73 Å². The van der Waals surface area contributed by atoms with Gasteiger partial charge in [0.15, 0.2) is 0 Å². The zero-order valence-electron chi connectivity index (χ0n) is 14.8. The Hall–Kier alpha value is -0.550. The zero-order valence-corrected chi connectivity index (χ0v) is 15.6. The molecule has 130 valence electrons. The molecule has 0 aliphatic carbocycles. The Labute approximate surface area is 146 Å². The van der Waals surface area contributed by atoms with Crippen LogP contribution in [0.2, 0.25) is 0 Å². The molecule has 23 heavy (non-hydrogen) atoms. The predicted octanol–water partition coefficient (Wildman–Crippen LogP) is 3.16. The molecule has 0 amide bonds. The molecule has 3 nitrogen and oxygen atoms in total. The number of rotatable bonds is 9. The molecule has 2 rings (SSSR count). The van der Waals surface area contributed by atoms with Crippen LogP contribution in [0.3, 0.4) is 0 Å². The van der Waals surface area contributed by atoms with Crippen LogP contribution in [0.25, 0.3) is 0 Å². The average molecular weight is 336 g/mol. The van der Waals surface area contributed by atoms with E-state index in [-0.39, 0.29) is 0 Å². The van der Waals surface area contributed by atoms with Gasteiger partial charge in [-0.05, 0) is 84.0 Å². The Morgan fingerprint density at radius 1 is 1.22 bits per heavy atom. The van der Waals surface area contributed by atoms with Crippen molar-refractivity contribution in [2.75, 3.05) is 46.0 Å². The van der Waals surface area contributed by atoms with E-state index >= 15 is 0 Å². The van der Waals surface area contributed by atoms with Crippen molar-refractivity contribution >= 4 is 11.8 Å². The minimum Gasteiger partial charge on any atom is -0.327 e. The summed E-state index contributed by atoms with van der Waals surface area (Å²) >= 11 is 1.88. The van der Waals surface area contributed by atoms with Crippen molar-refractivity contribution in [2.24, 2.45) is 11.7 Å². The Bertz CT molecular complexity index is 416. The van der Waals surface area contributed by atoms with E-state index in [1.165, 1.54) is 43.8 Å². The number of nitrogens with two attached hydrogens (primary N) is 1. The monoisotopic (exact) mass is 335 g/mol. The predicted molar refractivity (Wildman–Crippen MR) is 102 cm³/mol. The highest BCUT2D eigenvalue weighted by atomic mass is 32.2. The maximum atomic E-state index is 6.29. The highest BCUT2D eigenvalue weighted by Gasteiger charge is 2.19. The third-order valence-electron chi connectivity index (χ3n) is 4.72. The molecule has 0 saturated carbocycles. The SMILES string of the molecule is CN(C)CCC1CCN(CCC(N)CSc2ccccc2)CC1. The van der Waals surface area contributed by atoms with E-state index in [9.17, 15) is 0 Å². The number of thioether (sulfide) groups is 1. The van der Waals surface area contributed by atoms with Crippen LogP contribution in [0.1, 0.15) is 25.7 Å². The largest absolute Gasteiger partial charge is 0.327 e. The van der Waals surface area contributed by atoms with Crippen molar-refractivity contribution in [3.8, 4) is 0 Å². The Morgan fingerprint density at radius 3 is 2.57 bits per heavy atom. The molecule has 0 spiro atoms. The standard InChI is InChI=1S/C19H33N3S/c1-21(2)12-8-17-9-13-22(14-10-17)15-11-18(20)16-23-19-6-4-3-5-7-19/h3-7,17-18H,8-16,20H2,1-2H3. The van der Waals surface area contributed by atoms with Gasteiger partial charge in [0.1, 0.15) is 0 Å². The third-order valence-corrected chi connectivity index (χ3v) is 5.92. The summed E-state index contributed by atoms with van der Waals surface area (Å²) in [5.41, 5.74) is 6.29. The summed E-state index contributed by atoms with van der Waals surface area (Å²) in [4.78, 5) is 6.24. The minimum atomic E-state index is 0.298. The van der Waals surface area contributed by atoms with Crippen molar-refractivity contribution in [1.82, 2.24) is 9.80 Å². The van der Waals surface area contributed by atoms with Gasteiger partial charge in [-0.15, -0.1) is 11.8 Å². The molecular weight excluding hydrogens is 302 g/mol. The van der Waals surface area contributed by atoms with Crippen LogP contribution in [0, 0.1) is 5.92 Å². The smallest absolute Gasteiger partial charge is 0.0146 e. The van der Waals surface area contributed by atoms with Gasteiger partial charge in [0.2, 0.25) is 0 Å². The highest BCUT2D eigenvalue weighted by molar-refractivity contribution is 7.99. The molecule has 4 heteroatoms.